The van der Waals surface area contributed by atoms with E-state index in [1.54, 1.807) is 12.1 Å². The summed E-state index contributed by atoms with van der Waals surface area (Å²) in [7, 11) is 0. The van der Waals surface area contributed by atoms with Crippen LogP contribution in [0.1, 0.15) is 12.8 Å². The lowest BCUT2D eigenvalue weighted by atomic mass is 9.89. The molecule has 0 spiro atoms. The van der Waals surface area contributed by atoms with Crippen LogP contribution in [0.25, 0.3) is 0 Å². The Morgan fingerprint density at radius 3 is 2.46 bits per heavy atom. The van der Waals surface area contributed by atoms with Gasteiger partial charge in [-0.3, -0.25) is 14.5 Å². The van der Waals surface area contributed by atoms with Crippen molar-refractivity contribution in [2.24, 2.45) is 5.73 Å². The lowest BCUT2D eigenvalue weighted by molar-refractivity contribution is -0.142. The van der Waals surface area contributed by atoms with Crippen LogP contribution in [-0.2, 0) is 14.3 Å². The number of halogens is 1. The van der Waals surface area contributed by atoms with Crippen LogP contribution in [0.15, 0.2) is 24.3 Å². The molecule has 2 aliphatic rings. The molecule has 0 radical (unpaired) electrons. The minimum absolute atomic E-state index is 0.000897. The van der Waals surface area contributed by atoms with Gasteiger partial charge in [-0.1, -0.05) is 23.7 Å². The topological polar surface area (TPSA) is 87.9 Å². The number of hydrogen-bond donors (Lipinski definition) is 2. The molecule has 2 heterocycles. The molecule has 8 heteroatoms. The Balaban J connectivity index is 1.47. The summed E-state index contributed by atoms with van der Waals surface area (Å²) in [6.45, 7) is 3.79. The first-order valence-electron chi connectivity index (χ1n) is 8.91. The van der Waals surface area contributed by atoms with E-state index < -0.39 is 5.54 Å². The first kappa shape index (κ1) is 19.1. The third-order valence-electron chi connectivity index (χ3n) is 4.99. The van der Waals surface area contributed by atoms with Crippen LogP contribution in [0.2, 0.25) is 5.02 Å². The van der Waals surface area contributed by atoms with Crippen molar-refractivity contribution in [1.29, 1.82) is 0 Å². The summed E-state index contributed by atoms with van der Waals surface area (Å²) in [5.74, 6) is -0.112. The van der Waals surface area contributed by atoms with E-state index in [2.05, 4.69) is 5.32 Å². The molecule has 0 aliphatic carbocycles. The number of nitrogens with one attached hydrogen (secondary N) is 1. The fourth-order valence-electron chi connectivity index (χ4n) is 3.33. The lowest BCUT2D eigenvalue weighted by Gasteiger charge is -2.40. The number of benzene rings is 1. The molecule has 7 nitrogen and oxygen atoms in total. The van der Waals surface area contributed by atoms with Crippen molar-refractivity contribution in [1.82, 2.24) is 9.80 Å². The number of nitrogens with zero attached hydrogens (tertiary/aromatic N) is 2. The molecule has 0 atom stereocenters. The zero-order chi connectivity index (χ0) is 18.6. The Hall–Kier alpha value is -1.67. The molecule has 26 heavy (non-hydrogen) atoms. The van der Waals surface area contributed by atoms with Crippen molar-refractivity contribution in [2.75, 3.05) is 51.3 Å². The number of carbonyl (C=O) groups excluding carboxylic acids is 2. The van der Waals surface area contributed by atoms with E-state index in [4.69, 9.17) is 22.1 Å². The fourth-order valence-corrected chi connectivity index (χ4v) is 3.51. The molecule has 1 aromatic carbocycles. The van der Waals surface area contributed by atoms with Crippen molar-refractivity contribution in [3.8, 4) is 0 Å². The summed E-state index contributed by atoms with van der Waals surface area (Å²) >= 11 is 6.06. The van der Waals surface area contributed by atoms with Crippen LogP contribution in [0.3, 0.4) is 0 Å². The first-order chi connectivity index (χ1) is 12.5. The zero-order valence-electron chi connectivity index (χ0n) is 14.7. The van der Waals surface area contributed by atoms with Crippen molar-refractivity contribution in [3.63, 3.8) is 0 Å². The van der Waals surface area contributed by atoms with Gasteiger partial charge in [-0.25, -0.2) is 0 Å². The highest BCUT2D eigenvalue weighted by Crippen LogP contribution is 2.22. The van der Waals surface area contributed by atoms with Crippen molar-refractivity contribution in [2.45, 2.75) is 18.4 Å². The molecule has 142 valence electrons. The Morgan fingerprint density at radius 1 is 1.15 bits per heavy atom. The van der Waals surface area contributed by atoms with E-state index in [1.807, 2.05) is 21.9 Å². The molecule has 3 N–H and O–H groups in total. The van der Waals surface area contributed by atoms with E-state index in [1.165, 1.54) is 0 Å². The molecule has 2 aliphatic heterocycles. The van der Waals surface area contributed by atoms with Gasteiger partial charge < -0.3 is 20.7 Å². The van der Waals surface area contributed by atoms with E-state index in [0.29, 0.717) is 62.9 Å². The van der Waals surface area contributed by atoms with Gasteiger partial charge in [0.25, 0.3) is 0 Å². The van der Waals surface area contributed by atoms with Gasteiger partial charge >= 0.3 is 0 Å². The van der Waals surface area contributed by atoms with Gasteiger partial charge in [-0.2, -0.15) is 0 Å². The number of hydrogen-bond acceptors (Lipinski definition) is 5. The summed E-state index contributed by atoms with van der Waals surface area (Å²) in [5.41, 5.74) is 6.09. The van der Waals surface area contributed by atoms with Crippen LogP contribution in [0, 0.1) is 0 Å². The van der Waals surface area contributed by atoms with E-state index >= 15 is 0 Å². The third-order valence-corrected chi connectivity index (χ3v) is 5.32. The number of nitrogens with two attached hydrogens (primary N) is 1. The Kier molecular flexibility index (Phi) is 6.13. The van der Waals surface area contributed by atoms with E-state index in [9.17, 15) is 9.59 Å². The van der Waals surface area contributed by atoms with Crippen molar-refractivity contribution >= 4 is 29.1 Å². The molecular formula is C18H25ClN4O3. The number of para-hydroxylation sites is 1. The normalized spacial score (nSPS) is 20.6. The molecule has 3 rings (SSSR count). The summed E-state index contributed by atoms with van der Waals surface area (Å²) in [5, 5.41) is 3.34. The van der Waals surface area contributed by atoms with E-state index in [0.717, 1.165) is 0 Å². The lowest BCUT2D eigenvalue weighted by Crippen LogP contribution is -2.61. The molecule has 0 aromatic heterocycles. The molecule has 2 fully saturated rings. The van der Waals surface area contributed by atoms with Crippen LogP contribution < -0.4 is 11.1 Å². The summed E-state index contributed by atoms with van der Waals surface area (Å²) in [4.78, 5) is 28.8. The van der Waals surface area contributed by atoms with Gasteiger partial charge in [-0.05, 0) is 25.0 Å². The SMILES string of the molecule is NC1(C(=O)N2CCN(CC(=O)Nc3ccccc3Cl)CC2)CCOCC1. The number of carbonyl (C=O) groups is 2. The average molecular weight is 381 g/mol. The van der Waals surface area contributed by atoms with Gasteiger partial charge in [0.1, 0.15) is 0 Å². The van der Waals surface area contributed by atoms with Crippen LogP contribution in [0.4, 0.5) is 5.69 Å². The Bertz CT molecular complexity index is 656. The van der Waals surface area contributed by atoms with Gasteiger partial charge in [-0.15, -0.1) is 0 Å². The highest BCUT2D eigenvalue weighted by Gasteiger charge is 2.39. The van der Waals surface area contributed by atoms with Gasteiger partial charge in [0.2, 0.25) is 11.8 Å². The molecule has 0 bridgehead atoms. The van der Waals surface area contributed by atoms with Crippen molar-refractivity contribution < 1.29 is 14.3 Å². The fraction of sp³-hybridized carbons (Fsp3) is 0.556. The maximum absolute atomic E-state index is 12.7. The second kappa shape index (κ2) is 8.35. The third kappa shape index (κ3) is 4.54. The highest BCUT2D eigenvalue weighted by atomic mass is 35.5. The predicted octanol–water partition coefficient (Wildman–Crippen LogP) is 0.931. The predicted molar refractivity (Wildman–Crippen MR) is 100 cm³/mol. The second-order valence-corrected chi connectivity index (χ2v) is 7.27. The van der Waals surface area contributed by atoms with Crippen LogP contribution >= 0.6 is 11.6 Å². The standard InChI is InChI=1S/C18H25ClN4O3/c19-14-3-1-2-4-15(14)21-16(24)13-22-7-9-23(10-8-22)17(25)18(20)5-11-26-12-6-18/h1-4H,5-13,20H2,(H,21,24). The van der Waals surface area contributed by atoms with Gasteiger partial charge in [0.05, 0.1) is 22.8 Å². The quantitative estimate of drug-likeness (QED) is 0.811. The molecule has 0 saturated carbocycles. The largest absolute Gasteiger partial charge is 0.381 e. The van der Waals surface area contributed by atoms with Crippen molar-refractivity contribution in [3.05, 3.63) is 29.3 Å². The summed E-state index contributed by atoms with van der Waals surface area (Å²) in [6.07, 6.45) is 1.12. The maximum atomic E-state index is 12.7. The first-order valence-corrected chi connectivity index (χ1v) is 9.28. The smallest absolute Gasteiger partial charge is 0.242 e. The Morgan fingerprint density at radius 2 is 1.81 bits per heavy atom. The zero-order valence-corrected chi connectivity index (χ0v) is 15.5. The van der Waals surface area contributed by atoms with Crippen LogP contribution in [0.5, 0.6) is 0 Å². The highest BCUT2D eigenvalue weighted by molar-refractivity contribution is 6.33. The number of anilines is 1. The maximum Gasteiger partial charge on any atom is 0.242 e. The van der Waals surface area contributed by atoms with E-state index in [-0.39, 0.29) is 18.4 Å². The van der Waals surface area contributed by atoms with Crippen LogP contribution in [-0.4, -0.2) is 73.1 Å². The number of ether oxygens (including phenoxy) is 1. The molecule has 2 saturated heterocycles. The van der Waals surface area contributed by atoms with Gasteiger partial charge in [0, 0.05) is 39.4 Å². The Labute approximate surface area is 158 Å². The number of rotatable bonds is 4. The number of amides is 2. The summed E-state index contributed by atoms with van der Waals surface area (Å²) < 4.78 is 5.31. The molecule has 0 unspecified atom stereocenters. The average Bonchev–Trinajstić information content (AvgIpc) is 2.64. The minimum atomic E-state index is -0.804. The summed E-state index contributed by atoms with van der Waals surface area (Å²) in [6, 6.07) is 7.15. The van der Waals surface area contributed by atoms with Gasteiger partial charge in [0.15, 0.2) is 0 Å². The second-order valence-electron chi connectivity index (χ2n) is 6.86. The molecule has 1 aromatic rings. The molecule has 2 amide bonds. The monoisotopic (exact) mass is 380 g/mol. The number of piperazine rings is 1. The molecular weight excluding hydrogens is 356 g/mol. The minimum Gasteiger partial charge on any atom is -0.381 e.